The third-order valence-corrected chi connectivity index (χ3v) is 9.44. The van der Waals surface area contributed by atoms with Crippen molar-refractivity contribution in [2.75, 3.05) is 0 Å². The minimum absolute atomic E-state index is 0.0973. The molecule has 2 heteroatoms. The predicted molar refractivity (Wildman–Crippen MR) is 116 cm³/mol. The predicted octanol–water partition coefficient (Wildman–Crippen LogP) is 6.44. The third-order valence-electron chi connectivity index (χ3n) is 5.46. The van der Waals surface area contributed by atoms with Gasteiger partial charge in [0.15, 0.2) is 0 Å². The largest absolute Gasteiger partial charge is 0.408 e. The Hall–Kier alpha value is -1.38. The van der Waals surface area contributed by atoms with E-state index in [0.29, 0.717) is 0 Å². The van der Waals surface area contributed by atoms with E-state index < -0.39 is 8.32 Å². The average molecular weight is 367 g/mol. The summed E-state index contributed by atoms with van der Waals surface area (Å²) in [4.78, 5) is 0. The number of rotatable bonds is 7. The number of hydrogen-bond donors (Lipinski definition) is 0. The normalized spacial score (nSPS) is 15.4. The van der Waals surface area contributed by atoms with Crippen LogP contribution in [0.25, 0.3) is 11.1 Å². The molecule has 2 aromatic carbocycles. The monoisotopic (exact) mass is 366 g/mol. The molecule has 1 atom stereocenters. The summed E-state index contributed by atoms with van der Waals surface area (Å²) in [5.74, 6) is 0. The van der Waals surface area contributed by atoms with Gasteiger partial charge in [-0.3, -0.25) is 0 Å². The van der Waals surface area contributed by atoms with Crippen molar-refractivity contribution in [2.24, 2.45) is 0 Å². The molecule has 0 radical (unpaired) electrons. The van der Waals surface area contributed by atoms with Gasteiger partial charge in [-0.05, 0) is 67.2 Å². The Labute approximate surface area is 160 Å². The minimum atomic E-state index is -2.01. The average Bonchev–Trinajstić information content (AvgIpc) is 2.96. The topological polar surface area (TPSA) is 9.23 Å². The van der Waals surface area contributed by atoms with Crippen molar-refractivity contribution in [3.8, 4) is 11.1 Å². The fourth-order valence-electron chi connectivity index (χ4n) is 4.46. The van der Waals surface area contributed by atoms with E-state index in [0.717, 1.165) is 6.42 Å². The van der Waals surface area contributed by atoms with E-state index in [1.807, 2.05) is 0 Å². The van der Waals surface area contributed by atoms with Crippen molar-refractivity contribution in [3.05, 3.63) is 53.6 Å². The number of unbranched alkanes of at least 4 members (excludes halogenated alkanes) is 3. The van der Waals surface area contributed by atoms with E-state index in [9.17, 15) is 0 Å². The first-order chi connectivity index (χ1) is 12.3. The van der Waals surface area contributed by atoms with Gasteiger partial charge >= 0.3 is 0 Å². The highest BCUT2D eigenvalue weighted by molar-refractivity contribution is 6.86. The highest BCUT2D eigenvalue weighted by atomic mass is 28.4. The van der Waals surface area contributed by atoms with Crippen LogP contribution in [-0.4, -0.2) is 13.9 Å². The molecular formula is C24H34OSi. The van der Waals surface area contributed by atoms with Crippen LogP contribution >= 0.6 is 0 Å². The maximum Gasteiger partial charge on any atom is 0.222 e. The number of fused-ring (bicyclic) bond motifs is 3. The quantitative estimate of drug-likeness (QED) is 0.345. The zero-order valence-corrected chi connectivity index (χ0v) is 18.2. The Bertz CT molecular complexity index is 759. The summed E-state index contributed by atoms with van der Waals surface area (Å²) >= 11 is 0. The molecule has 0 saturated heterocycles. The first kappa shape index (κ1) is 19.4. The molecule has 1 aliphatic rings. The summed E-state index contributed by atoms with van der Waals surface area (Å²) < 4.78 is 6.85. The van der Waals surface area contributed by atoms with Gasteiger partial charge in [-0.1, -0.05) is 75.1 Å². The van der Waals surface area contributed by atoms with E-state index >= 15 is 0 Å². The lowest BCUT2D eigenvalue weighted by Gasteiger charge is -2.37. The van der Waals surface area contributed by atoms with Gasteiger partial charge in [-0.2, -0.15) is 0 Å². The molecule has 0 aliphatic heterocycles. The maximum atomic E-state index is 6.85. The van der Waals surface area contributed by atoms with Crippen LogP contribution in [0.15, 0.2) is 42.5 Å². The van der Waals surface area contributed by atoms with Crippen LogP contribution in [0.5, 0.6) is 0 Å². The second-order valence-corrected chi connectivity index (χ2v) is 12.6. The molecule has 1 nitrogen and oxygen atoms in total. The molecule has 0 spiro atoms. The zero-order valence-electron chi connectivity index (χ0n) is 17.2. The lowest BCUT2D eigenvalue weighted by Crippen LogP contribution is -2.53. The molecule has 0 saturated carbocycles. The van der Waals surface area contributed by atoms with Crippen molar-refractivity contribution in [1.29, 1.82) is 0 Å². The Kier molecular flexibility index (Phi) is 5.74. The van der Waals surface area contributed by atoms with Crippen LogP contribution in [0.2, 0.25) is 12.6 Å². The highest BCUT2D eigenvalue weighted by Crippen LogP contribution is 2.37. The second-order valence-electron chi connectivity index (χ2n) is 8.92. The Morgan fingerprint density at radius 1 is 0.923 bits per heavy atom. The Morgan fingerprint density at radius 2 is 1.65 bits per heavy atom. The van der Waals surface area contributed by atoms with E-state index in [-0.39, 0.29) is 5.60 Å². The molecule has 3 rings (SSSR count). The van der Waals surface area contributed by atoms with E-state index in [4.69, 9.17) is 4.43 Å². The highest BCUT2D eigenvalue weighted by Gasteiger charge is 2.38. The minimum Gasteiger partial charge on any atom is -0.408 e. The third kappa shape index (κ3) is 4.13. The summed E-state index contributed by atoms with van der Waals surface area (Å²) in [5.41, 5.74) is 5.75. The van der Waals surface area contributed by atoms with Crippen LogP contribution in [0, 0.1) is 0 Å². The molecule has 0 bridgehead atoms. The van der Waals surface area contributed by atoms with Gasteiger partial charge in [0.1, 0.15) is 0 Å². The molecule has 0 heterocycles. The molecule has 0 fully saturated rings. The van der Waals surface area contributed by atoms with Crippen LogP contribution < -0.4 is 5.19 Å². The van der Waals surface area contributed by atoms with Gasteiger partial charge in [0, 0.05) is 5.60 Å². The summed E-state index contributed by atoms with van der Waals surface area (Å²) in [6, 6.07) is 17.0. The smallest absolute Gasteiger partial charge is 0.222 e. The number of hydrogen-bond acceptors (Lipinski definition) is 1. The standard InChI is InChI=1S/C24H34OSi/c1-6-7-8-11-17-26(5,25-24(2,3)4)23-16-12-15-21-20-14-10-9-13-19(20)18-22(21)23/h9-10,12-16H,6-8,11,17-18H2,1-5H3. The van der Waals surface area contributed by atoms with Gasteiger partial charge in [0.2, 0.25) is 8.32 Å². The SMILES string of the molecule is CCCCCC[Si](C)(OC(C)(C)C)c1cccc2c1Cc1ccccc1-2. The van der Waals surface area contributed by atoms with Gasteiger partial charge in [0.05, 0.1) is 0 Å². The molecule has 0 N–H and O–H groups in total. The maximum absolute atomic E-state index is 6.85. The van der Waals surface area contributed by atoms with Crippen molar-refractivity contribution < 1.29 is 4.43 Å². The molecule has 1 aliphatic carbocycles. The summed E-state index contributed by atoms with van der Waals surface area (Å²) in [6.07, 6.45) is 6.28. The lowest BCUT2D eigenvalue weighted by atomic mass is 10.1. The Balaban J connectivity index is 1.97. The van der Waals surface area contributed by atoms with Crippen LogP contribution in [-0.2, 0) is 10.8 Å². The summed E-state index contributed by atoms with van der Waals surface area (Å²) in [6.45, 7) is 11.4. The molecule has 26 heavy (non-hydrogen) atoms. The molecule has 140 valence electrons. The van der Waals surface area contributed by atoms with Gasteiger partial charge in [-0.25, -0.2) is 0 Å². The fraction of sp³-hybridized carbons (Fsp3) is 0.500. The number of benzene rings is 2. The zero-order chi connectivity index (χ0) is 18.8. The molecule has 0 amide bonds. The van der Waals surface area contributed by atoms with E-state index in [1.54, 1.807) is 0 Å². The van der Waals surface area contributed by atoms with Gasteiger partial charge < -0.3 is 4.43 Å². The molecule has 2 aromatic rings. The van der Waals surface area contributed by atoms with E-state index in [2.05, 4.69) is 76.7 Å². The van der Waals surface area contributed by atoms with E-state index in [1.165, 1.54) is 59.2 Å². The van der Waals surface area contributed by atoms with Gasteiger partial charge in [0.25, 0.3) is 0 Å². The van der Waals surface area contributed by atoms with Crippen LogP contribution in [0.1, 0.15) is 64.5 Å². The van der Waals surface area contributed by atoms with Crippen molar-refractivity contribution >= 4 is 13.5 Å². The lowest BCUT2D eigenvalue weighted by molar-refractivity contribution is 0.122. The van der Waals surface area contributed by atoms with Crippen LogP contribution in [0.3, 0.4) is 0 Å². The Morgan fingerprint density at radius 3 is 2.38 bits per heavy atom. The van der Waals surface area contributed by atoms with Crippen molar-refractivity contribution in [3.63, 3.8) is 0 Å². The molecule has 1 unspecified atom stereocenters. The van der Waals surface area contributed by atoms with Crippen molar-refractivity contribution in [1.82, 2.24) is 0 Å². The summed E-state index contributed by atoms with van der Waals surface area (Å²) in [7, 11) is -2.01. The van der Waals surface area contributed by atoms with Crippen LogP contribution in [0.4, 0.5) is 0 Å². The fourth-order valence-corrected chi connectivity index (χ4v) is 8.53. The summed E-state index contributed by atoms with van der Waals surface area (Å²) in [5, 5.41) is 1.53. The molecular weight excluding hydrogens is 332 g/mol. The second kappa shape index (κ2) is 7.70. The van der Waals surface area contributed by atoms with Gasteiger partial charge in [-0.15, -0.1) is 0 Å². The molecule has 0 aromatic heterocycles. The first-order valence-corrected chi connectivity index (χ1v) is 12.9. The first-order valence-electron chi connectivity index (χ1n) is 10.2. The van der Waals surface area contributed by atoms with Crippen molar-refractivity contribution in [2.45, 2.75) is 78.0 Å².